The molecule has 4 aliphatic rings. The molecule has 0 saturated heterocycles. The third-order valence-corrected chi connectivity index (χ3v) is 7.51. The van der Waals surface area contributed by atoms with E-state index in [-0.39, 0.29) is 34.6 Å². The van der Waals surface area contributed by atoms with Crippen LogP contribution in [-0.4, -0.2) is 27.2 Å². The zero-order valence-electron chi connectivity index (χ0n) is 17.4. The van der Waals surface area contributed by atoms with E-state index in [1.807, 2.05) is 0 Å². The molecule has 6 rings (SSSR count). The number of hydrogen-bond donors (Lipinski definition) is 1. The van der Waals surface area contributed by atoms with E-state index >= 15 is 0 Å². The summed E-state index contributed by atoms with van der Waals surface area (Å²) in [6.45, 7) is 1.88. The summed E-state index contributed by atoms with van der Waals surface area (Å²) in [4.78, 5) is 16.5. The molecule has 9 heteroatoms. The Bertz CT molecular complexity index is 983. The molecule has 0 aromatic carbocycles. The van der Waals surface area contributed by atoms with Gasteiger partial charge in [-0.2, -0.15) is 5.10 Å². The lowest BCUT2D eigenvalue weighted by Crippen LogP contribution is -2.51. The highest BCUT2D eigenvalue weighted by Gasteiger charge is 2.50. The molecule has 5 nitrogen and oxygen atoms in total. The fourth-order valence-corrected chi connectivity index (χ4v) is 6.79. The second-order valence-electron chi connectivity index (χ2n) is 9.87. The van der Waals surface area contributed by atoms with Crippen LogP contribution in [-0.2, 0) is 11.3 Å². The van der Waals surface area contributed by atoms with E-state index in [9.17, 15) is 22.4 Å². The zero-order valence-corrected chi connectivity index (χ0v) is 17.4. The van der Waals surface area contributed by atoms with Crippen LogP contribution in [0.3, 0.4) is 0 Å². The summed E-state index contributed by atoms with van der Waals surface area (Å²) < 4.78 is 54.5. The second-order valence-corrected chi connectivity index (χ2v) is 9.87. The first kappa shape index (κ1) is 20.7. The van der Waals surface area contributed by atoms with Gasteiger partial charge in [-0.3, -0.25) is 4.79 Å². The Labute approximate surface area is 177 Å². The number of alkyl halides is 4. The van der Waals surface area contributed by atoms with Crippen molar-refractivity contribution in [3.05, 3.63) is 23.0 Å². The lowest BCUT2D eigenvalue weighted by Gasteiger charge is -2.56. The highest BCUT2D eigenvalue weighted by atomic mass is 19.3. The monoisotopic (exact) mass is 438 g/mol. The molecule has 1 amide bonds. The molecule has 4 bridgehead atoms. The number of aryl methyl sites for hydroxylation is 1. The molecule has 0 aliphatic heterocycles. The van der Waals surface area contributed by atoms with Gasteiger partial charge in [-0.05, 0) is 74.7 Å². The Morgan fingerprint density at radius 3 is 2.29 bits per heavy atom. The number of carbonyl (C=O) groups is 1. The van der Waals surface area contributed by atoms with Crippen molar-refractivity contribution in [3.8, 4) is 0 Å². The molecule has 0 unspecified atom stereocenters. The predicted octanol–water partition coefficient (Wildman–Crippen LogP) is 4.95. The number of amides is 1. The third-order valence-electron chi connectivity index (χ3n) is 7.51. The Hall–Kier alpha value is -2.19. The molecule has 0 atom stereocenters. The summed E-state index contributed by atoms with van der Waals surface area (Å²) in [5.74, 6) is 2.00. The van der Waals surface area contributed by atoms with Crippen LogP contribution in [0.2, 0.25) is 0 Å². The third kappa shape index (κ3) is 3.69. The van der Waals surface area contributed by atoms with Crippen LogP contribution in [0.5, 0.6) is 0 Å². The molecule has 2 aromatic heterocycles. The summed E-state index contributed by atoms with van der Waals surface area (Å²) >= 11 is 0. The van der Waals surface area contributed by atoms with Gasteiger partial charge in [0, 0.05) is 12.1 Å². The van der Waals surface area contributed by atoms with Crippen LogP contribution in [0.1, 0.15) is 68.3 Å². The Kier molecular flexibility index (Phi) is 4.97. The first-order chi connectivity index (χ1) is 14.7. The smallest absolute Gasteiger partial charge is 0.280 e. The first-order valence-corrected chi connectivity index (χ1v) is 10.9. The van der Waals surface area contributed by atoms with Crippen LogP contribution < -0.4 is 5.32 Å². The highest BCUT2D eigenvalue weighted by molar-refractivity contribution is 5.84. The van der Waals surface area contributed by atoms with E-state index in [1.54, 1.807) is 0 Å². The number of nitrogens with one attached hydrogen (secondary N) is 1. The lowest BCUT2D eigenvalue weighted by atomic mass is 9.49. The summed E-state index contributed by atoms with van der Waals surface area (Å²) in [5, 5.41) is 7.21. The summed E-state index contributed by atoms with van der Waals surface area (Å²) in [6, 6.07) is 0.726. The standard InChI is InChI=1S/C22H26F4N4O/c1-11-18-15(19(23)24)5-16(20(25)26)28-21(18)30(29-11)9-17(31)27-10-22-6-12-2-13(7-22)4-14(3-12)8-22/h5,12-14,19-20H,2-4,6-10H2,1H3,(H,27,31). The number of fused-ring (bicyclic) bond motifs is 1. The molecule has 168 valence electrons. The molecule has 4 aliphatic carbocycles. The maximum absolute atomic E-state index is 13.5. The van der Waals surface area contributed by atoms with Crippen molar-refractivity contribution in [3.63, 3.8) is 0 Å². The van der Waals surface area contributed by atoms with Gasteiger partial charge in [0.25, 0.3) is 12.9 Å². The molecule has 4 fully saturated rings. The Morgan fingerprint density at radius 1 is 1.13 bits per heavy atom. The molecule has 31 heavy (non-hydrogen) atoms. The van der Waals surface area contributed by atoms with Gasteiger partial charge < -0.3 is 5.32 Å². The van der Waals surface area contributed by atoms with Gasteiger partial charge in [0.15, 0.2) is 5.65 Å². The molecule has 2 heterocycles. The van der Waals surface area contributed by atoms with Gasteiger partial charge in [-0.25, -0.2) is 27.2 Å². The van der Waals surface area contributed by atoms with Crippen molar-refractivity contribution in [1.29, 1.82) is 0 Å². The Morgan fingerprint density at radius 2 is 1.74 bits per heavy atom. The largest absolute Gasteiger partial charge is 0.354 e. The van der Waals surface area contributed by atoms with E-state index in [0.29, 0.717) is 6.54 Å². The van der Waals surface area contributed by atoms with Crippen molar-refractivity contribution < 1.29 is 22.4 Å². The number of aromatic nitrogens is 3. The van der Waals surface area contributed by atoms with E-state index in [2.05, 4.69) is 15.4 Å². The molecule has 4 saturated carbocycles. The summed E-state index contributed by atoms with van der Waals surface area (Å²) in [6.07, 6.45) is 1.48. The van der Waals surface area contributed by atoms with Gasteiger partial charge >= 0.3 is 0 Å². The maximum Gasteiger partial charge on any atom is 0.280 e. The van der Waals surface area contributed by atoms with E-state index < -0.39 is 24.1 Å². The molecule has 0 spiro atoms. The summed E-state index contributed by atoms with van der Waals surface area (Å²) in [7, 11) is 0. The van der Waals surface area contributed by atoms with Crippen molar-refractivity contribution in [1.82, 2.24) is 20.1 Å². The fourth-order valence-electron chi connectivity index (χ4n) is 6.79. The topological polar surface area (TPSA) is 59.8 Å². The molecule has 2 aromatic rings. The second kappa shape index (κ2) is 7.45. The average Bonchev–Trinajstić information content (AvgIpc) is 3.00. The van der Waals surface area contributed by atoms with E-state index in [1.165, 1.54) is 26.2 Å². The number of carbonyl (C=O) groups excluding carboxylic acids is 1. The molecular weight excluding hydrogens is 412 g/mol. The van der Waals surface area contributed by atoms with Crippen molar-refractivity contribution in [2.75, 3.05) is 6.54 Å². The molecular formula is C22H26F4N4O. The van der Waals surface area contributed by atoms with Crippen LogP contribution in [0.4, 0.5) is 17.6 Å². The Balaban J connectivity index is 1.35. The van der Waals surface area contributed by atoms with Crippen LogP contribution >= 0.6 is 0 Å². The zero-order chi connectivity index (χ0) is 21.9. The number of rotatable bonds is 6. The van der Waals surface area contributed by atoms with Gasteiger partial charge in [0.05, 0.1) is 11.1 Å². The minimum absolute atomic E-state index is 0.0354. The molecule has 1 N–H and O–H groups in total. The highest BCUT2D eigenvalue weighted by Crippen LogP contribution is 2.59. The van der Waals surface area contributed by atoms with Gasteiger partial charge in [-0.1, -0.05) is 0 Å². The summed E-state index contributed by atoms with van der Waals surface area (Å²) in [5.41, 5.74) is -0.963. The number of pyridine rings is 1. The number of hydrogen-bond acceptors (Lipinski definition) is 3. The van der Waals surface area contributed by atoms with E-state index in [4.69, 9.17) is 0 Å². The lowest BCUT2D eigenvalue weighted by molar-refractivity contribution is -0.124. The van der Waals surface area contributed by atoms with Crippen molar-refractivity contribution >= 4 is 16.9 Å². The maximum atomic E-state index is 13.5. The van der Waals surface area contributed by atoms with Crippen LogP contribution in [0, 0.1) is 30.1 Å². The number of nitrogens with zero attached hydrogens (tertiary/aromatic N) is 3. The van der Waals surface area contributed by atoms with Crippen LogP contribution in [0.15, 0.2) is 6.07 Å². The fraction of sp³-hybridized carbons (Fsp3) is 0.682. The van der Waals surface area contributed by atoms with Crippen molar-refractivity contribution in [2.45, 2.75) is 64.8 Å². The first-order valence-electron chi connectivity index (χ1n) is 10.9. The van der Waals surface area contributed by atoms with Crippen LogP contribution in [0.25, 0.3) is 11.0 Å². The minimum Gasteiger partial charge on any atom is -0.354 e. The van der Waals surface area contributed by atoms with Gasteiger partial charge in [0.2, 0.25) is 5.91 Å². The minimum atomic E-state index is -2.99. The SMILES string of the molecule is Cc1nn(CC(=O)NCC23CC4CC(CC(C4)C2)C3)c2nc(C(F)F)cc(C(F)F)c12. The molecule has 0 radical (unpaired) electrons. The number of halogens is 4. The average molecular weight is 438 g/mol. The van der Waals surface area contributed by atoms with E-state index in [0.717, 1.165) is 47.8 Å². The quantitative estimate of drug-likeness (QED) is 0.650. The van der Waals surface area contributed by atoms with Gasteiger partial charge in [0.1, 0.15) is 12.2 Å². The predicted molar refractivity (Wildman–Crippen MR) is 106 cm³/mol. The normalized spacial score (nSPS) is 29.5. The van der Waals surface area contributed by atoms with Gasteiger partial charge in [-0.15, -0.1) is 0 Å². The van der Waals surface area contributed by atoms with Crippen molar-refractivity contribution in [2.24, 2.45) is 23.2 Å².